The number of halogens is 1. The maximum absolute atomic E-state index is 15.2. The lowest BCUT2D eigenvalue weighted by Gasteiger charge is -2.19. The molecule has 1 heterocycles. The van der Waals surface area contributed by atoms with Crippen molar-refractivity contribution < 1.29 is 28.3 Å². The second kappa shape index (κ2) is 11.1. The van der Waals surface area contributed by atoms with Gasteiger partial charge < -0.3 is 19.1 Å². The average molecular weight is 526 g/mol. The summed E-state index contributed by atoms with van der Waals surface area (Å²) in [6.45, 7) is 7.60. The van der Waals surface area contributed by atoms with Gasteiger partial charge in [0, 0.05) is 12.0 Å². The molecule has 37 heavy (non-hydrogen) atoms. The van der Waals surface area contributed by atoms with Crippen molar-refractivity contribution in [1.82, 2.24) is 4.72 Å². The molecule has 3 aromatic carbocycles. The van der Waals surface area contributed by atoms with E-state index in [1.807, 2.05) is 43.3 Å². The van der Waals surface area contributed by atoms with E-state index in [0.29, 0.717) is 24.3 Å². The second-order valence-corrected chi connectivity index (χ2v) is 11.4. The van der Waals surface area contributed by atoms with Gasteiger partial charge in [0.1, 0.15) is 12.4 Å². The SMILES string of the molecule is Cc1cc(OCCC(C)(C)O)c(F)c(C)c1-c1cccc(COc2ccc(C3CC(=O)N[S+]3[O-])cc2)c1. The van der Waals surface area contributed by atoms with Crippen molar-refractivity contribution in [3.63, 3.8) is 0 Å². The number of carbonyl (C=O) groups excluding carboxylic acids is 1. The quantitative estimate of drug-likeness (QED) is 0.363. The zero-order valence-corrected chi connectivity index (χ0v) is 22.3. The van der Waals surface area contributed by atoms with Gasteiger partial charge in [0.2, 0.25) is 0 Å². The molecule has 2 atom stereocenters. The molecule has 0 saturated carbocycles. The standard InChI is InChI=1S/C29H32FNO5S/c1-18-14-24(35-13-12-29(3,4)33)28(30)19(2)27(18)22-7-5-6-20(15-22)17-36-23-10-8-21(9-11-23)25-16-26(32)31-37(25)34/h5-11,14-15,25,33H,12-13,16-17H2,1-4H3,(H,31,32). The summed E-state index contributed by atoms with van der Waals surface area (Å²) in [6.07, 6.45) is 0.612. The number of ether oxygens (including phenoxy) is 2. The number of hydrogen-bond donors (Lipinski definition) is 2. The average Bonchev–Trinajstić information content (AvgIpc) is 3.18. The van der Waals surface area contributed by atoms with Gasteiger partial charge in [0.05, 0.1) is 30.0 Å². The molecule has 0 spiro atoms. The highest BCUT2D eigenvalue weighted by atomic mass is 32.2. The van der Waals surface area contributed by atoms with E-state index in [2.05, 4.69) is 4.72 Å². The van der Waals surface area contributed by atoms with Crippen LogP contribution in [0.1, 0.15) is 54.2 Å². The Kier molecular flexibility index (Phi) is 8.11. The van der Waals surface area contributed by atoms with Crippen LogP contribution in [0.3, 0.4) is 0 Å². The zero-order valence-electron chi connectivity index (χ0n) is 21.5. The summed E-state index contributed by atoms with van der Waals surface area (Å²) in [6, 6.07) is 16.8. The zero-order chi connectivity index (χ0) is 26.7. The Balaban J connectivity index is 1.45. The van der Waals surface area contributed by atoms with Crippen molar-refractivity contribution in [2.45, 2.75) is 58.0 Å². The molecule has 2 N–H and O–H groups in total. The molecule has 1 amide bonds. The van der Waals surface area contributed by atoms with Crippen LogP contribution in [0.5, 0.6) is 11.5 Å². The minimum absolute atomic E-state index is 0.188. The van der Waals surface area contributed by atoms with Crippen molar-refractivity contribution in [2.24, 2.45) is 0 Å². The van der Waals surface area contributed by atoms with E-state index in [9.17, 15) is 14.5 Å². The van der Waals surface area contributed by atoms with Gasteiger partial charge in [-0.25, -0.2) is 4.39 Å². The van der Waals surface area contributed by atoms with E-state index in [0.717, 1.165) is 27.8 Å². The van der Waals surface area contributed by atoms with E-state index in [-0.39, 0.29) is 29.9 Å². The van der Waals surface area contributed by atoms with E-state index in [1.165, 1.54) is 0 Å². The van der Waals surface area contributed by atoms with Crippen molar-refractivity contribution >= 4 is 17.3 Å². The predicted molar refractivity (Wildman–Crippen MR) is 142 cm³/mol. The predicted octanol–water partition coefficient (Wildman–Crippen LogP) is 5.45. The van der Waals surface area contributed by atoms with Gasteiger partial charge in [0.25, 0.3) is 5.91 Å². The molecule has 1 saturated heterocycles. The van der Waals surface area contributed by atoms with Gasteiger partial charge in [-0.05, 0) is 79.8 Å². The Bertz CT molecular complexity index is 1270. The van der Waals surface area contributed by atoms with Crippen molar-refractivity contribution in [3.05, 3.63) is 82.7 Å². The summed E-state index contributed by atoms with van der Waals surface area (Å²) < 4.78 is 41.2. The van der Waals surface area contributed by atoms with Crippen LogP contribution in [0.25, 0.3) is 11.1 Å². The summed E-state index contributed by atoms with van der Waals surface area (Å²) in [7, 11) is 0. The Morgan fingerprint density at radius 1 is 1.14 bits per heavy atom. The lowest BCUT2D eigenvalue weighted by atomic mass is 9.94. The van der Waals surface area contributed by atoms with Crippen molar-refractivity contribution in [1.29, 1.82) is 0 Å². The number of amides is 1. The molecular weight excluding hydrogens is 493 g/mol. The highest BCUT2D eigenvalue weighted by Gasteiger charge is 2.36. The third-order valence-corrected chi connectivity index (χ3v) is 7.74. The first kappa shape index (κ1) is 27.0. The lowest BCUT2D eigenvalue weighted by molar-refractivity contribution is -0.118. The Labute approximate surface area is 220 Å². The fourth-order valence-electron chi connectivity index (χ4n) is 4.35. The summed E-state index contributed by atoms with van der Waals surface area (Å²) in [5.74, 6) is 0.232. The van der Waals surface area contributed by atoms with Crippen LogP contribution in [0.15, 0.2) is 54.6 Å². The van der Waals surface area contributed by atoms with Gasteiger partial charge in [-0.1, -0.05) is 30.3 Å². The molecular formula is C29H32FNO5S. The van der Waals surface area contributed by atoms with Crippen LogP contribution < -0.4 is 14.2 Å². The fourth-order valence-corrected chi connectivity index (χ4v) is 5.51. The molecule has 1 aliphatic heterocycles. The molecule has 1 aliphatic rings. The Hall–Kier alpha value is -3.07. The highest BCUT2D eigenvalue weighted by molar-refractivity contribution is 7.90. The topological polar surface area (TPSA) is 90.8 Å². The maximum Gasteiger partial charge on any atom is 0.266 e. The van der Waals surface area contributed by atoms with Crippen LogP contribution in [0.2, 0.25) is 0 Å². The Morgan fingerprint density at radius 2 is 1.86 bits per heavy atom. The van der Waals surface area contributed by atoms with Crippen LogP contribution >= 0.6 is 0 Å². The molecule has 4 rings (SSSR count). The van der Waals surface area contributed by atoms with Gasteiger partial charge in [0.15, 0.2) is 16.8 Å². The summed E-state index contributed by atoms with van der Waals surface area (Å²) >= 11 is -1.40. The fraction of sp³-hybridized carbons (Fsp3) is 0.345. The third kappa shape index (κ3) is 6.63. The molecule has 0 bridgehead atoms. The van der Waals surface area contributed by atoms with Gasteiger partial charge in [-0.15, -0.1) is 0 Å². The number of carbonyl (C=O) groups is 1. The number of nitrogens with one attached hydrogen (secondary N) is 1. The van der Waals surface area contributed by atoms with E-state index < -0.39 is 22.8 Å². The molecule has 1 fully saturated rings. The molecule has 0 aliphatic carbocycles. The van der Waals surface area contributed by atoms with Crippen LogP contribution in [-0.2, 0) is 22.8 Å². The minimum Gasteiger partial charge on any atom is -0.593 e. The lowest BCUT2D eigenvalue weighted by Crippen LogP contribution is -2.22. The molecule has 8 heteroatoms. The highest BCUT2D eigenvalue weighted by Crippen LogP contribution is 2.35. The second-order valence-electron chi connectivity index (χ2n) is 9.99. The molecule has 6 nitrogen and oxygen atoms in total. The summed E-state index contributed by atoms with van der Waals surface area (Å²) in [5, 5.41) is 9.53. The van der Waals surface area contributed by atoms with Crippen LogP contribution in [-0.4, -0.2) is 27.8 Å². The van der Waals surface area contributed by atoms with E-state index in [4.69, 9.17) is 9.47 Å². The van der Waals surface area contributed by atoms with E-state index in [1.54, 1.807) is 39.0 Å². The first-order chi connectivity index (χ1) is 17.5. The van der Waals surface area contributed by atoms with Crippen LogP contribution in [0, 0.1) is 19.7 Å². The number of aryl methyl sites for hydroxylation is 1. The molecule has 2 unspecified atom stereocenters. The smallest absolute Gasteiger partial charge is 0.266 e. The minimum atomic E-state index is -1.40. The molecule has 196 valence electrons. The number of aliphatic hydroxyl groups is 1. The van der Waals surface area contributed by atoms with Gasteiger partial charge in [-0.3, -0.25) is 4.79 Å². The van der Waals surface area contributed by atoms with Gasteiger partial charge >= 0.3 is 0 Å². The normalized spacial score (nSPS) is 17.5. The maximum atomic E-state index is 15.2. The number of benzene rings is 3. The molecule has 0 radical (unpaired) electrons. The monoisotopic (exact) mass is 525 g/mol. The third-order valence-electron chi connectivity index (χ3n) is 6.35. The molecule has 3 aromatic rings. The first-order valence-electron chi connectivity index (χ1n) is 12.2. The largest absolute Gasteiger partial charge is 0.593 e. The summed E-state index contributed by atoms with van der Waals surface area (Å²) in [5.41, 5.74) is 3.97. The summed E-state index contributed by atoms with van der Waals surface area (Å²) in [4.78, 5) is 11.5. The van der Waals surface area contributed by atoms with Crippen LogP contribution in [0.4, 0.5) is 4.39 Å². The Morgan fingerprint density at radius 3 is 2.51 bits per heavy atom. The number of hydrogen-bond acceptors (Lipinski definition) is 5. The first-order valence-corrected chi connectivity index (χ1v) is 13.4. The van der Waals surface area contributed by atoms with E-state index >= 15 is 4.39 Å². The number of rotatable bonds is 9. The van der Waals surface area contributed by atoms with Gasteiger partial charge in [-0.2, -0.15) is 4.72 Å². The molecule has 0 aromatic heterocycles. The van der Waals surface area contributed by atoms with Crippen molar-refractivity contribution in [2.75, 3.05) is 6.61 Å². The van der Waals surface area contributed by atoms with Crippen molar-refractivity contribution in [3.8, 4) is 22.6 Å².